The zero-order chi connectivity index (χ0) is 18.7. The van der Waals surface area contributed by atoms with E-state index in [4.69, 9.17) is 11.6 Å². The lowest BCUT2D eigenvalue weighted by atomic mass is 10.2. The summed E-state index contributed by atoms with van der Waals surface area (Å²) in [5, 5.41) is 4.22. The van der Waals surface area contributed by atoms with E-state index in [0.29, 0.717) is 27.6 Å². The zero-order valence-corrected chi connectivity index (χ0v) is 16.3. The first-order chi connectivity index (χ1) is 12.5. The lowest BCUT2D eigenvalue weighted by molar-refractivity contribution is -0.120. The van der Waals surface area contributed by atoms with Crippen molar-refractivity contribution in [2.45, 2.75) is 55.6 Å². The summed E-state index contributed by atoms with van der Waals surface area (Å²) in [5.41, 5.74) is 0.397. The summed E-state index contributed by atoms with van der Waals surface area (Å²) >= 11 is 7.31. The molecule has 1 aliphatic carbocycles. The predicted molar refractivity (Wildman–Crippen MR) is 107 cm³/mol. The van der Waals surface area contributed by atoms with Gasteiger partial charge >= 0.3 is 0 Å². The molecule has 1 aliphatic rings. The number of carbonyl (C=O) groups excluding carboxylic acids is 1. The molecule has 0 spiro atoms. The Morgan fingerprint density at radius 3 is 2.92 bits per heavy atom. The number of nitrogens with zero attached hydrogens (tertiary/aromatic N) is 2. The number of fused-ring (bicyclic) bond motifs is 1. The number of aromatic nitrogens is 2. The third kappa shape index (κ3) is 4.13. The van der Waals surface area contributed by atoms with Crippen LogP contribution in [0, 0.1) is 0 Å². The molecule has 138 valence electrons. The van der Waals surface area contributed by atoms with Crippen LogP contribution in [0.3, 0.4) is 0 Å². The minimum absolute atomic E-state index is 0.0162. The monoisotopic (exact) mass is 391 g/mol. The van der Waals surface area contributed by atoms with E-state index >= 15 is 0 Å². The molecule has 1 amide bonds. The van der Waals surface area contributed by atoms with Crippen LogP contribution < -0.4 is 10.9 Å². The Kier molecular flexibility index (Phi) is 6.04. The van der Waals surface area contributed by atoms with E-state index in [-0.39, 0.29) is 22.8 Å². The highest BCUT2D eigenvalue weighted by Gasteiger charge is 2.23. The molecule has 1 aromatic carbocycles. The normalized spacial score (nSPS) is 15.9. The zero-order valence-electron chi connectivity index (χ0n) is 14.7. The SMILES string of the molecule is C=CCn1c(S[C@@H](C)C(=O)NC2CCCC2)nc2ccc(Cl)cc2c1=O. The summed E-state index contributed by atoms with van der Waals surface area (Å²) in [4.78, 5) is 29.9. The van der Waals surface area contributed by atoms with Gasteiger partial charge in [-0.05, 0) is 38.0 Å². The average Bonchev–Trinajstić information content (AvgIpc) is 3.12. The second-order valence-corrected chi connectivity index (χ2v) is 8.25. The molecule has 1 fully saturated rings. The first kappa shape index (κ1) is 19.0. The lowest BCUT2D eigenvalue weighted by Crippen LogP contribution is -2.38. The van der Waals surface area contributed by atoms with Crippen molar-refractivity contribution in [3.8, 4) is 0 Å². The van der Waals surface area contributed by atoms with E-state index in [0.717, 1.165) is 12.8 Å². The lowest BCUT2D eigenvalue weighted by Gasteiger charge is -2.18. The molecule has 1 heterocycles. The first-order valence-electron chi connectivity index (χ1n) is 8.77. The Labute approximate surface area is 161 Å². The number of hydrogen-bond acceptors (Lipinski definition) is 4. The van der Waals surface area contributed by atoms with Gasteiger partial charge < -0.3 is 5.32 Å². The fourth-order valence-corrected chi connectivity index (χ4v) is 4.25. The minimum atomic E-state index is -0.344. The van der Waals surface area contributed by atoms with Gasteiger partial charge in [0.1, 0.15) is 0 Å². The summed E-state index contributed by atoms with van der Waals surface area (Å²) < 4.78 is 1.54. The number of carbonyl (C=O) groups is 1. The largest absolute Gasteiger partial charge is 0.352 e. The minimum Gasteiger partial charge on any atom is -0.352 e. The number of hydrogen-bond donors (Lipinski definition) is 1. The number of rotatable bonds is 6. The van der Waals surface area contributed by atoms with Crippen molar-refractivity contribution in [2.24, 2.45) is 0 Å². The average molecular weight is 392 g/mol. The number of allylic oxidation sites excluding steroid dienone is 1. The standard InChI is InChI=1S/C19H22ClN3O2S/c1-3-10-23-18(25)15-11-13(20)8-9-16(15)22-19(23)26-12(2)17(24)21-14-6-4-5-7-14/h3,8-9,11-12,14H,1,4-7,10H2,2H3,(H,21,24)/t12-/m0/s1. The summed E-state index contributed by atoms with van der Waals surface area (Å²) in [5.74, 6) is -0.0162. The molecule has 0 unspecified atom stereocenters. The Morgan fingerprint density at radius 1 is 1.50 bits per heavy atom. The quantitative estimate of drug-likeness (QED) is 0.462. The van der Waals surface area contributed by atoms with Crippen LogP contribution in [-0.2, 0) is 11.3 Å². The Hall–Kier alpha value is -1.79. The van der Waals surface area contributed by atoms with Crippen LogP contribution in [0.1, 0.15) is 32.6 Å². The summed E-state index contributed by atoms with van der Waals surface area (Å²) in [7, 11) is 0. The maximum atomic E-state index is 12.8. The Morgan fingerprint density at radius 2 is 2.23 bits per heavy atom. The number of nitrogens with one attached hydrogen (secondary N) is 1. The predicted octanol–water partition coefficient (Wildman–Crippen LogP) is 3.78. The van der Waals surface area contributed by atoms with Gasteiger partial charge in [-0.3, -0.25) is 14.2 Å². The Balaban J connectivity index is 1.89. The number of thioether (sulfide) groups is 1. The molecule has 0 bridgehead atoms. The summed E-state index contributed by atoms with van der Waals surface area (Å²) in [6, 6.07) is 5.33. The van der Waals surface area contributed by atoms with E-state index < -0.39 is 0 Å². The van der Waals surface area contributed by atoms with E-state index in [1.54, 1.807) is 24.3 Å². The van der Waals surface area contributed by atoms with Crippen molar-refractivity contribution in [1.29, 1.82) is 0 Å². The van der Waals surface area contributed by atoms with Gasteiger partial charge in [0.2, 0.25) is 5.91 Å². The molecule has 7 heteroatoms. The third-order valence-electron chi connectivity index (χ3n) is 4.55. The van der Waals surface area contributed by atoms with E-state index in [1.807, 2.05) is 6.92 Å². The second-order valence-electron chi connectivity index (χ2n) is 6.51. The molecule has 1 saturated carbocycles. The molecular formula is C19H22ClN3O2S. The second kappa shape index (κ2) is 8.27. The maximum Gasteiger partial charge on any atom is 0.262 e. The fraction of sp³-hybridized carbons (Fsp3) is 0.421. The van der Waals surface area contributed by atoms with Crippen LogP contribution in [0.5, 0.6) is 0 Å². The van der Waals surface area contributed by atoms with Gasteiger partial charge in [0.15, 0.2) is 5.16 Å². The summed E-state index contributed by atoms with van der Waals surface area (Å²) in [6.45, 7) is 5.88. The van der Waals surface area contributed by atoms with E-state index in [2.05, 4.69) is 16.9 Å². The van der Waals surface area contributed by atoms with E-state index in [1.165, 1.54) is 29.2 Å². The smallest absolute Gasteiger partial charge is 0.262 e. The van der Waals surface area contributed by atoms with Crippen molar-refractivity contribution in [3.05, 3.63) is 46.2 Å². The molecule has 0 radical (unpaired) electrons. The maximum absolute atomic E-state index is 12.8. The number of benzene rings is 1. The van der Waals surface area contributed by atoms with Crippen LogP contribution in [0.4, 0.5) is 0 Å². The highest BCUT2D eigenvalue weighted by atomic mass is 35.5. The number of halogens is 1. The Bertz CT molecular complexity index is 890. The molecule has 26 heavy (non-hydrogen) atoms. The van der Waals surface area contributed by atoms with Crippen LogP contribution in [0.25, 0.3) is 10.9 Å². The van der Waals surface area contributed by atoms with Gasteiger partial charge in [-0.2, -0.15) is 0 Å². The number of amides is 1. The highest BCUT2D eigenvalue weighted by Crippen LogP contribution is 2.25. The molecule has 1 aromatic heterocycles. The summed E-state index contributed by atoms with van der Waals surface area (Å²) in [6.07, 6.45) is 6.06. The van der Waals surface area contributed by atoms with Crippen molar-refractivity contribution in [1.82, 2.24) is 14.9 Å². The van der Waals surface area contributed by atoms with Crippen molar-refractivity contribution >= 4 is 40.2 Å². The molecule has 3 rings (SSSR count). The van der Waals surface area contributed by atoms with Gasteiger partial charge in [0.25, 0.3) is 5.56 Å². The van der Waals surface area contributed by atoms with E-state index in [9.17, 15) is 9.59 Å². The van der Waals surface area contributed by atoms with Crippen molar-refractivity contribution < 1.29 is 4.79 Å². The van der Waals surface area contributed by atoms with Crippen LogP contribution >= 0.6 is 23.4 Å². The third-order valence-corrected chi connectivity index (χ3v) is 5.87. The van der Waals surface area contributed by atoms with Gasteiger partial charge in [0.05, 0.1) is 16.2 Å². The molecule has 1 N–H and O–H groups in total. The molecule has 0 aliphatic heterocycles. The van der Waals surface area contributed by atoms with Gasteiger partial charge in [-0.1, -0.05) is 42.3 Å². The molecule has 0 saturated heterocycles. The topological polar surface area (TPSA) is 64.0 Å². The first-order valence-corrected chi connectivity index (χ1v) is 10.0. The van der Waals surface area contributed by atoms with Gasteiger partial charge in [-0.25, -0.2) is 4.98 Å². The van der Waals surface area contributed by atoms with Gasteiger partial charge in [0, 0.05) is 17.6 Å². The molecule has 5 nitrogen and oxygen atoms in total. The van der Waals surface area contributed by atoms with Crippen molar-refractivity contribution in [3.63, 3.8) is 0 Å². The van der Waals surface area contributed by atoms with Crippen LogP contribution in [0.2, 0.25) is 5.02 Å². The van der Waals surface area contributed by atoms with Gasteiger partial charge in [-0.15, -0.1) is 6.58 Å². The molecular weight excluding hydrogens is 370 g/mol. The molecule has 1 atom stereocenters. The van der Waals surface area contributed by atoms with Crippen LogP contribution in [0.15, 0.2) is 40.8 Å². The molecule has 2 aromatic rings. The van der Waals surface area contributed by atoms with Crippen molar-refractivity contribution in [2.75, 3.05) is 0 Å². The highest BCUT2D eigenvalue weighted by molar-refractivity contribution is 8.00. The van der Waals surface area contributed by atoms with Crippen LogP contribution in [-0.4, -0.2) is 26.8 Å². The fourth-order valence-electron chi connectivity index (χ4n) is 3.15.